The molecular formula is C13H12BrNO. The summed E-state index contributed by atoms with van der Waals surface area (Å²) >= 11 is 3.57. The van der Waals surface area contributed by atoms with Crippen LogP contribution in [0, 0.1) is 0 Å². The number of carbonyl (C=O) groups excluding carboxylic acids is 1. The molecule has 0 atom stereocenters. The van der Waals surface area contributed by atoms with Gasteiger partial charge >= 0.3 is 0 Å². The predicted molar refractivity (Wildman–Crippen MR) is 70.3 cm³/mol. The normalized spacial score (nSPS) is 11.4. The van der Waals surface area contributed by atoms with Crippen LogP contribution in [0.4, 0.5) is 0 Å². The number of allylic oxidation sites excluding steroid dienone is 1. The molecule has 1 aromatic heterocycles. The maximum absolute atomic E-state index is 10.9. The lowest BCUT2D eigenvalue weighted by molar-refractivity contribution is -0.112. The number of rotatable bonds is 2. The second-order valence-corrected chi connectivity index (χ2v) is 4.51. The van der Waals surface area contributed by atoms with Crippen molar-refractivity contribution in [1.82, 2.24) is 4.57 Å². The number of benzene rings is 1. The maximum Gasteiger partial charge on any atom is 0.152 e. The predicted octanol–water partition coefficient (Wildman–Crippen LogP) is 3.54. The maximum atomic E-state index is 10.9. The van der Waals surface area contributed by atoms with Crippen molar-refractivity contribution < 1.29 is 4.79 Å². The number of nitrogens with zero attached hydrogens (tertiary/aromatic N) is 1. The second kappa shape index (κ2) is 4.26. The highest BCUT2D eigenvalue weighted by Gasteiger charge is 2.09. The van der Waals surface area contributed by atoms with E-state index in [1.54, 1.807) is 13.0 Å². The Morgan fingerprint density at radius 2 is 2.06 bits per heavy atom. The van der Waals surface area contributed by atoms with Gasteiger partial charge in [-0.1, -0.05) is 18.2 Å². The molecule has 2 nitrogen and oxygen atoms in total. The van der Waals surface area contributed by atoms with Gasteiger partial charge < -0.3 is 4.57 Å². The molecule has 0 unspecified atom stereocenters. The van der Waals surface area contributed by atoms with Crippen molar-refractivity contribution in [2.24, 2.45) is 7.05 Å². The van der Waals surface area contributed by atoms with Crippen molar-refractivity contribution in [2.75, 3.05) is 0 Å². The first-order valence-corrected chi connectivity index (χ1v) is 5.82. The Morgan fingerprint density at radius 3 is 2.69 bits per heavy atom. The highest BCUT2D eigenvalue weighted by Crippen LogP contribution is 2.30. The summed E-state index contributed by atoms with van der Waals surface area (Å²) in [4.78, 5) is 10.9. The highest BCUT2D eigenvalue weighted by molar-refractivity contribution is 9.10. The molecular weight excluding hydrogens is 266 g/mol. The molecule has 0 aliphatic heterocycles. The van der Waals surface area contributed by atoms with Crippen molar-refractivity contribution >= 4 is 38.7 Å². The van der Waals surface area contributed by atoms with Crippen molar-refractivity contribution in [1.29, 1.82) is 0 Å². The van der Waals surface area contributed by atoms with Crippen LogP contribution >= 0.6 is 15.9 Å². The fourth-order valence-corrected chi connectivity index (χ4v) is 2.48. The van der Waals surface area contributed by atoms with Gasteiger partial charge in [-0.05, 0) is 41.1 Å². The molecule has 2 aromatic rings. The van der Waals surface area contributed by atoms with Gasteiger partial charge in [0.1, 0.15) is 0 Å². The van der Waals surface area contributed by atoms with Crippen LogP contribution in [0.15, 0.2) is 34.8 Å². The summed E-state index contributed by atoms with van der Waals surface area (Å²) < 4.78 is 3.10. The lowest BCUT2D eigenvalue weighted by atomic mass is 10.2. The van der Waals surface area contributed by atoms with Crippen molar-refractivity contribution in [2.45, 2.75) is 6.92 Å². The van der Waals surface area contributed by atoms with Gasteiger partial charge in [0.15, 0.2) is 5.78 Å². The molecule has 1 aromatic carbocycles. The van der Waals surface area contributed by atoms with Crippen LogP contribution in [-0.2, 0) is 11.8 Å². The van der Waals surface area contributed by atoms with Crippen LogP contribution in [0.3, 0.4) is 0 Å². The lowest BCUT2D eigenvalue weighted by Gasteiger charge is -1.98. The van der Waals surface area contributed by atoms with E-state index in [2.05, 4.69) is 32.6 Å². The summed E-state index contributed by atoms with van der Waals surface area (Å²) in [7, 11) is 1.99. The monoisotopic (exact) mass is 277 g/mol. The number of para-hydroxylation sites is 1. The zero-order valence-corrected chi connectivity index (χ0v) is 10.8. The van der Waals surface area contributed by atoms with Crippen LogP contribution in [0.25, 0.3) is 17.0 Å². The van der Waals surface area contributed by atoms with Crippen molar-refractivity contribution in [3.63, 3.8) is 0 Å². The molecule has 2 rings (SSSR count). The number of ketones is 1. The van der Waals surface area contributed by atoms with E-state index >= 15 is 0 Å². The van der Waals surface area contributed by atoms with Gasteiger partial charge in [-0.25, -0.2) is 0 Å². The van der Waals surface area contributed by atoms with E-state index < -0.39 is 0 Å². The van der Waals surface area contributed by atoms with E-state index in [0.29, 0.717) is 0 Å². The molecule has 0 saturated heterocycles. The van der Waals surface area contributed by atoms with E-state index in [9.17, 15) is 4.79 Å². The Bertz CT molecular complexity index is 542. The number of aromatic nitrogens is 1. The van der Waals surface area contributed by atoms with Crippen LogP contribution in [0.5, 0.6) is 0 Å². The Labute approximate surface area is 103 Å². The topological polar surface area (TPSA) is 22.0 Å². The molecule has 3 heteroatoms. The van der Waals surface area contributed by atoms with Gasteiger partial charge in [0, 0.05) is 18.0 Å². The zero-order valence-electron chi connectivity index (χ0n) is 9.20. The standard InChI is InChI=1S/C13H12BrNO/c1-9(16)7-8-12-13(14)10-5-3-4-6-11(10)15(12)2/h3-8H,1-2H3/b8-7+. The number of hydrogen-bond donors (Lipinski definition) is 0. The molecule has 82 valence electrons. The molecule has 0 aliphatic carbocycles. The minimum Gasteiger partial charge on any atom is -0.343 e. The minimum atomic E-state index is 0.0529. The molecule has 0 bridgehead atoms. The fourth-order valence-electron chi connectivity index (χ4n) is 1.75. The molecule has 0 amide bonds. The lowest BCUT2D eigenvalue weighted by Crippen LogP contribution is -1.91. The first-order valence-electron chi connectivity index (χ1n) is 5.03. The number of fused-ring (bicyclic) bond motifs is 1. The number of aryl methyl sites for hydroxylation is 1. The third kappa shape index (κ3) is 1.83. The van der Waals surface area contributed by atoms with E-state index in [-0.39, 0.29) is 5.78 Å². The third-order valence-electron chi connectivity index (χ3n) is 2.56. The molecule has 0 N–H and O–H groups in total. The van der Waals surface area contributed by atoms with Crippen LogP contribution in [-0.4, -0.2) is 10.4 Å². The fraction of sp³-hybridized carbons (Fsp3) is 0.154. The first-order chi connectivity index (χ1) is 7.61. The number of halogens is 1. The molecule has 0 aliphatic rings. The average Bonchev–Trinajstić information content (AvgIpc) is 2.50. The summed E-state index contributed by atoms with van der Waals surface area (Å²) in [6.45, 7) is 1.55. The summed E-state index contributed by atoms with van der Waals surface area (Å²) in [5.74, 6) is 0.0529. The van der Waals surface area contributed by atoms with Crippen LogP contribution in [0.2, 0.25) is 0 Å². The first kappa shape index (κ1) is 11.1. The van der Waals surface area contributed by atoms with Gasteiger partial charge in [0.2, 0.25) is 0 Å². The van der Waals surface area contributed by atoms with Gasteiger partial charge in [-0.3, -0.25) is 4.79 Å². The summed E-state index contributed by atoms with van der Waals surface area (Å²) in [5.41, 5.74) is 2.16. The highest BCUT2D eigenvalue weighted by atomic mass is 79.9. The summed E-state index contributed by atoms with van der Waals surface area (Å²) in [6.07, 6.45) is 3.42. The van der Waals surface area contributed by atoms with Gasteiger partial charge in [0.25, 0.3) is 0 Å². The average molecular weight is 278 g/mol. The van der Waals surface area contributed by atoms with Gasteiger partial charge in [-0.2, -0.15) is 0 Å². The molecule has 0 fully saturated rings. The Hall–Kier alpha value is -1.35. The Kier molecular flexibility index (Phi) is 2.97. The van der Waals surface area contributed by atoms with E-state index in [1.807, 2.05) is 25.3 Å². The molecule has 16 heavy (non-hydrogen) atoms. The Morgan fingerprint density at radius 1 is 1.38 bits per heavy atom. The molecule has 0 radical (unpaired) electrons. The number of carbonyl (C=O) groups is 1. The largest absolute Gasteiger partial charge is 0.343 e. The van der Waals surface area contributed by atoms with E-state index in [0.717, 1.165) is 21.1 Å². The summed E-state index contributed by atoms with van der Waals surface area (Å²) in [5, 5.41) is 1.16. The molecule has 0 spiro atoms. The molecule has 1 heterocycles. The molecule has 0 saturated carbocycles. The Balaban J connectivity index is 2.66. The van der Waals surface area contributed by atoms with Crippen molar-refractivity contribution in [3.05, 3.63) is 40.5 Å². The van der Waals surface area contributed by atoms with Crippen LogP contribution in [0.1, 0.15) is 12.6 Å². The van der Waals surface area contributed by atoms with Crippen LogP contribution < -0.4 is 0 Å². The summed E-state index contributed by atoms with van der Waals surface area (Å²) in [6, 6.07) is 8.13. The zero-order chi connectivity index (χ0) is 11.7. The van der Waals surface area contributed by atoms with Crippen molar-refractivity contribution in [3.8, 4) is 0 Å². The number of hydrogen-bond acceptors (Lipinski definition) is 1. The van der Waals surface area contributed by atoms with Gasteiger partial charge in [0.05, 0.1) is 10.2 Å². The van der Waals surface area contributed by atoms with E-state index in [1.165, 1.54) is 0 Å². The second-order valence-electron chi connectivity index (χ2n) is 3.72. The smallest absolute Gasteiger partial charge is 0.152 e. The quantitative estimate of drug-likeness (QED) is 0.770. The SMILES string of the molecule is CC(=O)/C=C/c1c(Br)c2ccccc2n1C. The minimum absolute atomic E-state index is 0.0529. The van der Waals surface area contributed by atoms with Gasteiger partial charge in [-0.15, -0.1) is 0 Å². The van der Waals surface area contributed by atoms with E-state index in [4.69, 9.17) is 0 Å². The third-order valence-corrected chi connectivity index (χ3v) is 3.40.